The van der Waals surface area contributed by atoms with Crippen LogP contribution in [0.3, 0.4) is 0 Å². The average Bonchev–Trinajstić information content (AvgIpc) is 2.40. The molecule has 1 unspecified atom stereocenters. The number of rotatable bonds is 5. The highest BCUT2D eigenvalue weighted by molar-refractivity contribution is 5.32. The molecular weight excluding hydrogens is 261 g/mol. The third-order valence-electron chi connectivity index (χ3n) is 3.77. The predicted octanol–water partition coefficient (Wildman–Crippen LogP) is 4.64. The normalized spacial score (nSPS) is 12.4. The Morgan fingerprint density at radius 3 is 2.33 bits per heavy atom. The Morgan fingerprint density at radius 2 is 1.71 bits per heavy atom. The van der Waals surface area contributed by atoms with Crippen molar-refractivity contribution in [3.8, 4) is 0 Å². The maximum Gasteiger partial charge on any atom is 0.130 e. The summed E-state index contributed by atoms with van der Waals surface area (Å²) in [4.78, 5) is 0. The van der Waals surface area contributed by atoms with E-state index >= 15 is 0 Å². The summed E-state index contributed by atoms with van der Waals surface area (Å²) in [6.45, 7) is 8.90. The first-order chi connectivity index (χ1) is 10.0. The number of hydrogen-bond acceptors (Lipinski definition) is 1. The smallest absolute Gasteiger partial charge is 0.130 e. The van der Waals surface area contributed by atoms with Crippen molar-refractivity contribution in [2.45, 2.75) is 40.2 Å². The first-order valence-corrected chi connectivity index (χ1v) is 7.56. The van der Waals surface area contributed by atoms with Gasteiger partial charge in [0.15, 0.2) is 0 Å². The van der Waals surface area contributed by atoms with Gasteiger partial charge in [0, 0.05) is 11.6 Å². The SMILES string of the molecule is CCNC(Cc1cc(C)cc(C)c1)c1cccc(C)c1F. The van der Waals surface area contributed by atoms with E-state index in [4.69, 9.17) is 0 Å². The zero-order chi connectivity index (χ0) is 15.4. The fourth-order valence-electron chi connectivity index (χ4n) is 2.90. The van der Waals surface area contributed by atoms with Gasteiger partial charge in [0.25, 0.3) is 0 Å². The molecule has 0 saturated heterocycles. The van der Waals surface area contributed by atoms with Gasteiger partial charge in [-0.25, -0.2) is 4.39 Å². The van der Waals surface area contributed by atoms with Crippen molar-refractivity contribution >= 4 is 0 Å². The van der Waals surface area contributed by atoms with Gasteiger partial charge in [0.2, 0.25) is 0 Å². The van der Waals surface area contributed by atoms with Crippen molar-refractivity contribution in [2.24, 2.45) is 0 Å². The number of halogens is 1. The average molecular weight is 285 g/mol. The van der Waals surface area contributed by atoms with Crippen LogP contribution >= 0.6 is 0 Å². The van der Waals surface area contributed by atoms with Crippen molar-refractivity contribution in [2.75, 3.05) is 6.54 Å². The molecule has 2 aromatic rings. The Balaban J connectivity index is 2.32. The largest absolute Gasteiger partial charge is 0.310 e. The molecule has 2 rings (SSSR count). The Hall–Kier alpha value is -1.67. The second kappa shape index (κ2) is 6.86. The number of benzene rings is 2. The second-order valence-corrected chi connectivity index (χ2v) is 5.79. The van der Waals surface area contributed by atoms with E-state index in [0.29, 0.717) is 5.56 Å². The van der Waals surface area contributed by atoms with Crippen LogP contribution in [0.25, 0.3) is 0 Å². The molecule has 1 atom stereocenters. The predicted molar refractivity (Wildman–Crippen MR) is 87.2 cm³/mol. The van der Waals surface area contributed by atoms with Gasteiger partial charge in [-0.1, -0.05) is 54.4 Å². The van der Waals surface area contributed by atoms with E-state index in [1.165, 1.54) is 16.7 Å². The van der Waals surface area contributed by atoms with Crippen LogP contribution in [-0.4, -0.2) is 6.54 Å². The Labute approximate surface area is 127 Å². The monoisotopic (exact) mass is 285 g/mol. The summed E-state index contributed by atoms with van der Waals surface area (Å²) >= 11 is 0. The van der Waals surface area contributed by atoms with E-state index in [2.05, 4.69) is 44.3 Å². The lowest BCUT2D eigenvalue weighted by Gasteiger charge is -2.20. The summed E-state index contributed by atoms with van der Waals surface area (Å²) in [6, 6.07) is 12.2. The number of nitrogens with one attached hydrogen (secondary N) is 1. The summed E-state index contributed by atoms with van der Waals surface area (Å²) in [5.41, 5.74) is 5.22. The van der Waals surface area contributed by atoms with Gasteiger partial charge in [-0.3, -0.25) is 0 Å². The Morgan fingerprint density at radius 1 is 1.05 bits per heavy atom. The van der Waals surface area contributed by atoms with Gasteiger partial charge in [-0.15, -0.1) is 0 Å². The number of hydrogen-bond donors (Lipinski definition) is 1. The van der Waals surface area contributed by atoms with Crippen molar-refractivity contribution in [1.29, 1.82) is 0 Å². The van der Waals surface area contributed by atoms with E-state index in [1.807, 2.05) is 25.1 Å². The summed E-state index contributed by atoms with van der Waals surface area (Å²) in [5.74, 6) is -0.0900. The fraction of sp³-hybridized carbons (Fsp3) is 0.368. The summed E-state index contributed by atoms with van der Waals surface area (Å²) < 4.78 is 14.4. The van der Waals surface area contributed by atoms with Gasteiger partial charge in [-0.2, -0.15) is 0 Å². The summed E-state index contributed by atoms with van der Waals surface area (Å²) in [5, 5.41) is 3.41. The van der Waals surface area contributed by atoms with Crippen LogP contribution in [0.4, 0.5) is 4.39 Å². The highest BCUT2D eigenvalue weighted by Gasteiger charge is 2.16. The molecule has 0 bridgehead atoms. The topological polar surface area (TPSA) is 12.0 Å². The highest BCUT2D eigenvalue weighted by atomic mass is 19.1. The summed E-state index contributed by atoms with van der Waals surface area (Å²) in [6.07, 6.45) is 0.802. The lowest BCUT2D eigenvalue weighted by molar-refractivity contribution is 0.507. The Bertz CT molecular complexity index is 599. The van der Waals surface area contributed by atoms with Gasteiger partial charge in [0.1, 0.15) is 5.82 Å². The quantitative estimate of drug-likeness (QED) is 0.843. The lowest BCUT2D eigenvalue weighted by atomic mass is 9.95. The van der Waals surface area contributed by atoms with Gasteiger partial charge < -0.3 is 5.32 Å². The van der Waals surface area contributed by atoms with Crippen LogP contribution in [0.2, 0.25) is 0 Å². The molecule has 0 amide bonds. The maximum atomic E-state index is 14.4. The standard InChI is InChI=1S/C19H24FN/c1-5-21-18(17-8-6-7-15(4)19(17)20)12-16-10-13(2)9-14(3)11-16/h6-11,18,21H,5,12H2,1-4H3. The van der Waals surface area contributed by atoms with Crippen LogP contribution in [0.1, 0.15) is 40.8 Å². The molecule has 112 valence electrons. The first-order valence-electron chi connectivity index (χ1n) is 7.56. The van der Waals surface area contributed by atoms with E-state index in [0.717, 1.165) is 18.5 Å². The van der Waals surface area contributed by atoms with Crippen LogP contribution in [-0.2, 0) is 6.42 Å². The highest BCUT2D eigenvalue weighted by Crippen LogP contribution is 2.24. The molecule has 0 saturated carbocycles. The van der Waals surface area contributed by atoms with Crippen molar-refractivity contribution in [3.05, 3.63) is 70.0 Å². The van der Waals surface area contributed by atoms with Crippen LogP contribution in [0.15, 0.2) is 36.4 Å². The van der Waals surface area contributed by atoms with Gasteiger partial charge in [0.05, 0.1) is 0 Å². The minimum Gasteiger partial charge on any atom is -0.310 e. The first kappa shape index (κ1) is 15.7. The zero-order valence-electron chi connectivity index (χ0n) is 13.3. The lowest BCUT2D eigenvalue weighted by Crippen LogP contribution is -2.24. The molecule has 0 fully saturated rings. The summed E-state index contributed by atoms with van der Waals surface area (Å²) in [7, 11) is 0. The molecule has 2 aromatic carbocycles. The van der Waals surface area contributed by atoms with Crippen molar-refractivity contribution < 1.29 is 4.39 Å². The van der Waals surface area contributed by atoms with E-state index in [9.17, 15) is 4.39 Å². The molecule has 0 radical (unpaired) electrons. The fourth-order valence-corrected chi connectivity index (χ4v) is 2.90. The van der Waals surface area contributed by atoms with E-state index < -0.39 is 0 Å². The van der Waals surface area contributed by atoms with E-state index in [1.54, 1.807) is 0 Å². The minimum absolute atomic E-state index is 0.0103. The molecule has 1 N–H and O–H groups in total. The third kappa shape index (κ3) is 3.92. The number of likely N-dealkylation sites (N-methyl/N-ethyl adjacent to an activating group) is 1. The zero-order valence-corrected chi connectivity index (χ0v) is 13.3. The molecule has 21 heavy (non-hydrogen) atoms. The molecule has 0 aliphatic carbocycles. The molecule has 0 spiro atoms. The van der Waals surface area contributed by atoms with Crippen LogP contribution < -0.4 is 5.32 Å². The van der Waals surface area contributed by atoms with Crippen LogP contribution in [0.5, 0.6) is 0 Å². The molecular formula is C19H24FN. The molecule has 0 aliphatic rings. The third-order valence-corrected chi connectivity index (χ3v) is 3.77. The van der Waals surface area contributed by atoms with Crippen LogP contribution in [0, 0.1) is 26.6 Å². The molecule has 0 heterocycles. The van der Waals surface area contributed by atoms with Crippen molar-refractivity contribution in [3.63, 3.8) is 0 Å². The minimum atomic E-state index is -0.0900. The molecule has 0 aliphatic heterocycles. The van der Waals surface area contributed by atoms with Crippen molar-refractivity contribution in [1.82, 2.24) is 5.32 Å². The maximum absolute atomic E-state index is 14.4. The second-order valence-electron chi connectivity index (χ2n) is 5.79. The van der Waals surface area contributed by atoms with Gasteiger partial charge >= 0.3 is 0 Å². The Kier molecular flexibility index (Phi) is 5.13. The van der Waals surface area contributed by atoms with E-state index in [-0.39, 0.29) is 11.9 Å². The molecule has 0 aromatic heterocycles. The molecule has 1 nitrogen and oxygen atoms in total. The number of aryl methyl sites for hydroxylation is 3. The molecule has 2 heteroatoms. The van der Waals surface area contributed by atoms with Gasteiger partial charge in [-0.05, 0) is 44.9 Å².